The normalized spacial score (nSPS) is 15.3. The SMILES string of the molecule is CCC[C@](O)(CC(C)=O)C(C)=O. The molecule has 3 nitrogen and oxygen atoms in total. The highest BCUT2D eigenvalue weighted by atomic mass is 16.3. The van der Waals surface area contributed by atoms with E-state index in [-0.39, 0.29) is 18.0 Å². The lowest BCUT2D eigenvalue weighted by atomic mass is 9.89. The molecule has 0 aliphatic rings. The van der Waals surface area contributed by atoms with Gasteiger partial charge in [0.25, 0.3) is 0 Å². The van der Waals surface area contributed by atoms with Crippen LogP contribution in [0, 0.1) is 0 Å². The molecule has 0 aromatic rings. The number of Topliss-reactive ketones (excluding diaryl/α,β-unsaturated/α-hetero) is 2. The number of carbonyl (C=O) groups is 2. The Morgan fingerprint density at radius 1 is 1.33 bits per heavy atom. The molecule has 0 saturated carbocycles. The molecular formula is C9H16O3. The molecule has 1 N–H and O–H groups in total. The van der Waals surface area contributed by atoms with Gasteiger partial charge >= 0.3 is 0 Å². The molecule has 0 fully saturated rings. The van der Waals surface area contributed by atoms with Crippen LogP contribution < -0.4 is 0 Å². The molecule has 0 bridgehead atoms. The second-order valence-electron chi connectivity index (χ2n) is 3.22. The van der Waals surface area contributed by atoms with Gasteiger partial charge in [-0.25, -0.2) is 0 Å². The summed E-state index contributed by atoms with van der Waals surface area (Å²) in [6, 6.07) is 0. The molecule has 0 aromatic heterocycles. The van der Waals surface area contributed by atoms with E-state index in [4.69, 9.17) is 0 Å². The van der Waals surface area contributed by atoms with Gasteiger partial charge in [0.2, 0.25) is 0 Å². The Hall–Kier alpha value is -0.700. The molecule has 0 rings (SSSR count). The second-order valence-corrected chi connectivity index (χ2v) is 3.22. The largest absolute Gasteiger partial charge is 0.382 e. The van der Waals surface area contributed by atoms with Gasteiger partial charge in [0.05, 0.1) is 0 Å². The predicted molar refractivity (Wildman–Crippen MR) is 45.8 cm³/mol. The van der Waals surface area contributed by atoms with Crippen molar-refractivity contribution in [2.45, 2.75) is 45.6 Å². The second kappa shape index (κ2) is 4.36. The van der Waals surface area contributed by atoms with E-state index in [1.165, 1.54) is 13.8 Å². The van der Waals surface area contributed by atoms with E-state index in [1.807, 2.05) is 6.92 Å². The maximum absolute atomic E-state index is 11.0. The molecule has 0 heterocycles. The first-order valence-corrected chi connectivity index (χ1v) is 4.15. The number of carbonyl (C=O) groups excluding carboxylic acids is 2. The van der Waals surface area contributed by atoms with Crippen LogP contribution >= 0.6 is 0 Å². The molecule has 12 heavy (non-hydrogen) atoms. The number of hydrogen-bond donors (Lipinski definition) is 1. The summed E-state index contributed by atoms with van der Waals surface area (Å²) in [5.41, 5.74) is -1.42. The van der Waals surface area contributed by atoms with Crippen LogP contribution in [-0.4, -0.2) is 22.3 Å². The number of rotatable bonds is 5. The number of aliphatic hydroxyl groups is 1. The Balaban J connectivity index is 4.38. The monoisotopic (exact) mass is 172 g/mol. The van der Waals surface area contributed by atoms with Gasteiger partial charge in [-0.1, -0.05) is 13.3 Å². The third-order valence-corrected chi connectivity index (χ3v) is 1.86. The fourth-order valence-electron chi connectivity index (χ4n) is 1.21. The predicted octanol–water partition coefficient (Wildman–Crippen LogP) is 1.09. The van der Waals surface area contributed by atoms with E-state index >= 15 is 0 Å². The van der Waals surface area contributed by atoms with E-state index in [0.717, 1.165) is 0 Å². The maximum atomic E-state index is 11.0. The molecule has 0 saturated heterocycles. The third kappa shape index (κ3) is 3.13. The Morgan fingerprint density at radius 3 is 2.08 bits per heavy atom. The molecule has 3 heteroatoms. The summed E-state index contributed by atoms with van der Waals surface area (Å²) in [6.07, 6.45) is 1.00. The lowest BCUT2D eigenvalue weighted by Crippen LogP contribution is -2.38. The van der Waals surface area contributed by atoms with Crippen molar-refractivity contribution in [1.82, 2.24) is 0 Å². The molecule has 0 spiro atoms. The summed E-state index contributed by atoms with van der Waals surface area (Å²) >= 11 is 0. The van der Waals surface area contributed by atoms with E-state index in [0.29, 0.717) is 12.8 Å². The quantitative estimate of drug-likeness (QED) is 0.675. The van der Waals surface area contributed by atoms with Crippen molar-refractivity contribution in [1.29, 1.82) is 0 Å². The number of ketones is 2. The summed E-state index contributed by atoms with van der Waals surface area (Å²) < 4.78 is 0. The van der Waals surface area contributed by atoms with E-state index < -0.39 is 5.60 Å². The maximum Gasteiger partial charge on any atom is 0.161 e. The van der Waals surface area contributed by atoms with Gasteiger partial charge in [-0.3, -0.25) is 9.59 Å². The smallest absolute Gasteiger partial charge is 0.161 e. The van der Waals surface area contributed by atoms with E-state index in [2.05, 4.69) is 0 Å². The molecule has 0 aliphatic carbocycles. The zero-order valence-corrected chi connectivity index (χ0v) is 7.89. The van der Waals surface area contributed by atoms with Crippen LogP contribution in [0.25, 0.3) is 0 Å². The van der Waals surface area contributed by atoms with E-state index in [1.54, 1.807) is 0 Å². The molecular weight excluding hydrogens is 156 g/mol. The number of hydrogen-bond acceptors (Lipinski definition) is 3. The Bertz CT molecular complexity index is 186. The van der Waals surface area contributed by atoms with Gasteiger partial charge in [-0.15, -0.1) is 0 Å². The average Bonchev–Trinajstić information content (AvgIpc) is 1.85. The van der Waals surface area contributed by atoms with Crippen LogP contribution in [-0.2, 0) is 9.59 Å². The molecule has 70 valence electrons. The van der Waals surface area contributed by atoms with Crippen molar-refractivity contribution in [3.05, 3.63) is 0 Å². The first kappa shape index (κ1) is 11.3. The minimum absolute atomic E-state index is 0.0594. The van der Waals surface area contributed by atoms with Crippen molar-refractivity contribution in [2.24, 2.45) is 0 Å². The Morgan fingerprint density at radius 2 is 1.83 bits per heavy atom. The van der Waals surface area contributed by atoms with Crippen LogP contribution in [0.15, 0.2) is 0 Å². The average molecular weight is 172 g/mol. The van der Waals surface area contributed by atoms with Crippen molar-refractivity contribution in [3.8, 4) is 0 Å². The van der Waals surface area contributed by atoms with Gasteiger partial charge in [-0.05, 0) is 20.3 Å². The molecule has 0 aliphatic heterocycles. The van der Waals surface area contributed by atoms with Gasteiger partial charge in [0.1, 0.15) is 11.4 Å². The van der Waals surface area contributed by atoms with Crippen molar-refractivity contribution in [2.75, 3.05) is 0 Å². The Kier molecular flexibility index (Phi) is 4.10. The Labute approximate surface area is 72.8 Å². The van der Waals surface area contributed by atoms with Crippen LogP contribution in [0.4, 0.5) is 0 Å². The summed E-state index contributed by atoms with van der Waals surface area (Å²) in [5, 5.41) is 9.69. The molecule has 0 unspecified atom stereocenters. The lowest BCUT2D eigenvalue weighted by molar-refractivity contribution is -0.141. The summed E-state index contributed by atoms with van der Waals surface area (Å²) in [5.74, 6) is -0.472. The summed E-state index contributed by atoms with van der Waals surface area (Å²) in [4.78, 5) is 21.7. The van der Waals surface area contributed by atoms with Gasteiger partial charge in [0, 0.05) is 6.42 Å². The van der Waals surface area contributed by atoms with Crippen LogP contribution in [0.2, 0.25) is 0 Å². The minimum atomic E-state index is -1.42. The van der Waals surface area contributed by atoms with Crippen molar-refractivity contribution >= 4 is 11.6 Å². The highest BCUT2D eigenvalue weighted by Crippen LogP contribution is 2.18. The fraction of sp³-hybridized carbons (Fsp3) is 0.778. The van der Waals surface area contributed by atoms with Gasteiger partial charge in [0.15, 0.2) is 5.78 Å². The first-order valence-electron chi connectivity index (χ1n) is 4.15. The summed E-state index contributed by atoms with van der Waals surface area (Å²) in [6.45, 7) is 4.57. The molecule has 0 aromatic carbocycles. The fourth-order valence-corrected chi connectivity index (χ4v) is 1.21. The molecule has 0 amide bonds. The first-order chi connectivity index (χ1) is 5.42. The van der Waals surface area contributed by atoms with Crippen molar-refractivity contribution < 1.29 is 14.7 Å². The lowest BCUT2D eigenvalue weighted by Gasteiger charge is -2.22. The molecule has 1 atom stereocenters. The van der Waals surface area contributed by atoms with Gasteiger partial charge in [-0.2, -0.15) is 0 Å². The van der Waals surface area contributed by atoms with Crippen molar-refractivity contribution in [3.63, 3.8) is 0 Å². The zero-order chi connectivity index (χ0) is 9.78. The van der Waals surface area contributed by atoms with Crippen LogP contribution in [0.5, 0.6) is 0 Å². The van der Waals surface area contributed by atoms with Crippen LogP contribution in [0.3, 0.4) is 0 Å². The van der Waals surface area contributed by atoms with Crippen LogP contribution in [0.1, 0.15) is 40.0 Å². The zero-order valence-electron chi connectivity index (χ0n) is 7.89. The third-order valence-electron chi connectivity index (χ3n) is 1.86. The standard InChI is InChI=1S/C9H16O3/c1-4-5-9(12,8(3)11)6-7(2)10/h12H,4-6H2,1-3H3/t9-/m0/s1. The highest BCUT2D eigenvalue weighted by Gasteiger charge is 2.32. The van der Waals surface area contributed by atoms with E-state index in [9.17, 15) is 14.7 Å². The minimum Gasteiger partial charge on any atom is -0.382 e. The van der Waals surface area contributed by atoms with Gasteiger partial charge < -0.3 is 5.11 Å². The summed E-state index contributed by atoms with van der Waals surface area (Å²) in [7, 11) is 0. The highest BCUT2D eigenvalue weighted by molar-refractivity contribution is 5.90. The topological polar surface area (TPSA) is 54.4 Å². The molecule has 0 radical (unpaired) electrons.